The van der Waals surface area contributed by atoms with E-state index in [4.69, 9.17) is 11.6 Å². The summed E-state index contributed by atoms with van der Waals surface area (Å²) in [6, 6.07) is 15.3. The summed E-state index contributed by atoms with van der Waals surface area (Å²) < 4.78 is 15.2. The lowest BCUT2D eigenvalue weighted by Crippen LogP contribution is -2.18. The highest BCUT2D eigenvalue weighted by atomic mass is 35.5. The van der Waals surface area contributed by atoms with Crippen LogP contribution in [-0.4, -0.2) is 7.05 Å². The van der Waals surface area contributed by atoms with Crippen LogP contribution in [0.25, 0.3) is 10.1 Å². The van der Waals surface area contributed by atoms with E-state index in [1.165, 1.54) is 21.0 Å². The van der Waals surface area contributed by atoms with E-state index in [1.807, 2.05) is 19.2 Å². The van der Waals surface area contributed by atoms with Crippen molar-refractivity contribution < 1.29 is 4.39 Å². The van der Waals surface area contributed by atoms with Crippen LogP contribution in [-0.2, 0) is 6.42 Å². The summed E-state index contributed by atoms with van der Waals surface area (Å²) in [5, 5.41) is 4.97. The molecule has 3 aromatic rings. The van der Waals surface area contributed by atoms with E-state index < -0.39 is 0 Å². The summed E-state index contributed by atoms with van der Waals surface area (Å²) in [5.74, 6) is -0.246. The average Bonchev–Trinajstić information content (AvgIpc) is 2.90. The van der Waals surface area contributed by atoms with Crippen molar-refractivity contribution in [2.24, 2.45) is 0 Å². The second-order valence-electron chi connectivity index (χ2n) is 4.93. The number of benzene rings is 2. The molecule has 1 unspecified atom stereocenters. The first-order valence-corrected chi connectivity index (χ1v) is 7.97. The predicted octanol–water partition coefficient (Wildman–Crippen LogP) is 5.20. The third-order valence-electron chi connectivity index (χ3n) is 3.61. The molecule has 0 radical (unpaired) electrons. The molecule has 0 aliphatic rings. The van der Waals surface area contributed by atoms with E-state index in [9.17, 15) is 4.39 Å². The van der Waals surface area contributed by atoms with E-state index in [0.29, 0.717) is 17.0 Å². The zero-order chi connectivity index (χ0) is 14.8. The molecule has 1 atom stereocenters. The number of likely N-dealkylation sites (N-methyl/N-ethyl adjacent to an activating group) is 1. The molecule has 0 saturated heterocycles. The van der Waals surface area contributed by atoms with Gasteiger partial charge in [-0.15, -0.1) is 11.3 Å². The minimum absolute atomic E-state index is 0.0526. The van der Waals surface area contributed by atoms with Crippen LogP contribution in [0.15, 0.2) is 48.5 Å². The van der Waals surface area contributed by atoms with Gasteiger partial charge in [0.25, 0.3) is 0 Å². The Morgan fingerprint density at radius 3 is 2.71 bits per heavy atom. The zero-order valence-electron chi connectivity index (χ0n) is 11.6. The van der Waals surface area contributed by atoms with Crippen molar-refractivity contribution in [2.45, 2.75) is 12.5 Å². The maximum Gasteiger partial charge on any atom is 0.127 e. The predicted molar refractivity (Wildman–Crippen MR) is 88.7 cm³/mol. The molecule has 0 aliphatic carbocycles. The minimum Gasteiger partial charge on any atom is -0.312 e. The SMILES string of the molecule is CNC(Cc1c(F)cccc1Cl)c1cc2ccccc2s1. The molecule has 0 fully saturated rings. The normalized spacial score (nSPS) is 12.7. The van der Waals surface area contributed by atoms with E-state index in [0.717, 1.165) is 0 Å². The Hall–Kier alpha value is -1.42. The molecule has 1 aromatic heterocycles. The summed E-state index contributed by atoms with van der Waals surface area (Å²) in [6.07, 6.45) is 0.537. The number of nitrogens with one attached hydrogen (secondary N) is 1. The van der Waals surface area contributed by atoms with Crippen LogP contribution in [0, 0.1) is 5.82 Å². The highest BCUT2D eigenvalue weighted by Gasteiger charge is 2.17. The maximum atomic E-state index is 14.0. The molecule has 1 N–H and O–H groups in total. The minimum atomic E-state index is -0.246. The Morgan fingerprint density at radius 2 is 2.00 bits per heavy atom. The first kappa shape index (κ1) is 14.5. The van der Waals surface area contributed by atoms with Gasteiger partial charge >= 0.3 is 0 Å². The molecule has 21 heavy (non-hydrogen) atoms. The van der Waals surface area contributed by atoms with Crippen molar-refractivity contribution in [1.29, 1.82) is 0 Å². The summed E-state index contributed by atoms with van der Waals surface area (Å²) >= 11 is 7.87. The van der Waals surface area contributed by atoms with E-state index in [2.05, 4.69) is 23.5 Å². The molecule has 4 heteroatoms. The Morgan fingerprint density at radius 1 is 1.19 bits per heavy atom. The first-order valence-electron chi connectivity index (χ1n) is 6.77. The number of hydrogen-bond acceptors (Lipinski definition) is 2. The molecule has 108 valence electrons. The van der Waals surface area contributed by atoms with Crippen LogP contribution in [0.5, 0.6) is 0 Å². The third-order valence-corrected chi connectivity index (χ3v) is 5.19. The molecule has 0 spiro atoms. The van der Waals surface area contributed by atoms with Crippen LogP contribution < -0.4 is 5.32 Å². The van der Waals surface area contributed by atoms with Crippen LogP contribution in [0.3, 0.4) is 0 Å². The monoisotopic (exact) mass is 319 g/mol. The molecular formula is C17H15ClFNS. The lowest BCUT2D eigenvalue weighted by molar-refractivity contribution is 0.560. The van der Waals surface area contributed by atoms with Gasteiger partial charge in [-0.1, -0.05) is 35.9 Å². The summed E-state index contributed by atoms with van der Waals surface area (Å²) in [4.78, 5) is 1.19. The largest absolute Gasteiger partial charge is 0.312 e. The Balaban J connectivity index is 1.95. The second-order valence-corrected chi connectivity index (χ2v) is 6.45. The van der Waals surface area contributed by atoms with Crippen LogP contribution in [0.4, 0.5) is 4.39 Å². The van der Waals surface area contributed by atoms with E-state index in [-0.39, 0.29) is 11.9 Å². The summed E-state index contributed by atoms with van der Waals surface area (Å²) in [6.45, 7) is 0. The molecule has 0 amide bonds. The molecule has 0 aliphatic heterocycles. The fraction of sp³-hybridized carbons (Fsp3) is 0.176. The zero-order valence-corrected chi connectivity index (χ0v) is 13.1. The fourth-order valence-electron chi connectivity index (χ4n) is 2.45. The molecule has 0 saturated carbocycles. The molecule has 1 heterocycles. The van der Waals surface area contributed by atoms with E-state index in [1.54, 1.807) is 23.5 Å². The van der Waals surface area contributed by atoms with Crippen molar-refractivity contribution in [3.8, 4) is 0 Å². The van der Waals surface area contributed by atoms with Crippen molar-refractivity contribution in [2.75, 3.05) is 7.05 Å². The summed E-state index contributed by atoms with van der Waals surface area (Å²) in [5.41, 5.74) is 0.566. The molecule has 3 rings (SSSR count). The Bertz CT molecular complexity index is 715. The van der Waals surface area contributed by atoms with Crippen molar-refractivity contribution in [3.63, 3.8) is 0 Å². The number of rotatable bonds is 4. The molecule has 0 bridgehead atoms. The number of halogens is 2. The Labute approximate surface area is 132 Å². The number of thiophene rings is 1. The van der Waals surface area contributed by atoms with Gasteiger partial charge in [-0.2, -0.15) is 0 Å². The van der Waals surface area contributed by atoms with Crippen LogP contribution in [0.1, 0.15) is 16.5 Å². The second kappa shape index (κ2) is 6.14. The average molecular weight is 320 g/mol. The quantitative estimate of drug-likeness (QED) is 0.697. The number of fused-ring (bicyclic) bond motifs is 1. The molecular weight excluding hydrogens is 305 g/mol. The first-order chi connectivity index (χ1) is 10.2. The van der Waals surface area contributed by atoms with Gasteiger partial charge < -0.3 is 5.32 Å². The molecule has 2 aromatic carbocycles. The lowest BCUT2D eigenvalue weighted by atomic mass is 10.0. The summed E-state index contributed by atoms with van der Waals surface area (Å²) in [7, 11) is 1.89. The van der Waals surface area contributed by atoms with Gasteiger partial charge in [0.15, 0.2) is 0 Å². The van der Waals surface area contributed by atoms with Gasteiger partial charge in [0.05, 0.1) is 0 Å². The van der Waals surface area contributed by atoms with Gasteiger partial charge in [0.2, 0.25) is 0 Å². The molecule has 1 nitrogen and oxygen atoms in total. The van der Waals surface area contributed by atoms with Gasteiger partial charge in [0.1, 0.15) is 5.82 Å². The van der Waals surface area contributed by atoms with Crippen LogP contribution in [0.2, 0.25) is 5.02 Å². The number of hydrogen-bond donors (Lipinski definition) is 1. The van der Waals surface area contributed by atoms with Crippen molar-refractivity contribution in [1.82, 2.24) is 5.32 Å². The standard InChI is InChI=1S/C17H15ClFNS/c1-20-15(10-12-13(18)6-4-7-14(12)19)17-9-11-5-2-3-8-16(11)21-17/h2-9,15,20H,10H2,1H3. The third kappa shape index (κ3) is 2.95. The topological polar surface area (TPSA) is 12.0 Å². The van der Waals surface area contributed by atoms with E-state index >= 15 is 0 Å². The van der Waals surface area contributed by atoms with Gasteiger partial charge in [-0.25, -0.2) is 4.39 Å². The Kier molecular flexibility index (Phi) is 4.24. The highest BCUT2D eigenvalue weighted by molar-refractivity contribution is 7.19. The fourth-order valence-corrected chi connectivity index (χ4v) is 3.87. The van der Waals surface area contributed by atoms with Gasteiger partial charge in [-0.3, -0.25) is 0 Å². The lowest BCUT2D eigenvalue weighted by Gasteiger charge is -2.16. The van der Waals surface area contributed by atoms with Gasteiger partial charge in [-0.05, 0) is 43.1 Å². The van der Waals surface area contributed by atoms with Crippen molar-refractivity contribution >= 4 is 33.0 Å². The van der Waals surface area contributed by atoms with Gasteiger partial charge in [0, 0.05) is 26.2 Å². The van der Waals surface area contributed by atoms with Crippen molar-refractivity contribution in [3.05, 3.63) is 69.8 Å². The maximum absolute atomic E-state index is 14.0. The van der Waals surface area contributed by atoms with Crippen LogP contribution >= 0.6 is 22.9 Å². The smallest absolute Gasteiger partial charge is 0.127 e. The highest BCUT2D eigenvalue weighted by Crippen LogP contribution is 2.33.